The van der Waals surface area contributed by atoms with Crippen LogP contribution in [0.3, 0.4) is 0 Å². The Bertz CT molecular complexity index is 1260. The summed E-state index contributed by atoms with van der Waals surface area (Å²) in [5.41, 5.74) is 3.73. The maximum absolute atomic E-state index is 12.8. The number of amidine groups is 1. The molecule has 2 heterocycles. The molecule has 2 aliphatic rings. The van der Waals surface area contributed by atoms with Crippen molar-refractivity contribution in [2.75, 3.05) is 34.7 Å². The molecule has 0 aliphatic carbocycles. The predicted molar refractivity (Wildman–Crippen MR) is 140 cm³/mol. The van der Waals surface area contributed by atoms with Crippen LogP contribution in [0.1, 0.15) is 32.5 Å². The third-order valence-corrected chi connectivity index (χ3v) is 6.52. The van der Waals surface area contributed by atoms with Crippen LogP contribution in [0.2, 0.25) is 5.02 Å². The van der Waals surface area contributed by atoms with Gasteiger partial charge in [-0.1, -0.05) is 17.7 Å². The summed E-state index contributed by atoms with van der Waals surface area (Å²) in [7, 11) is 0. The van der Waals surface area contributed by atoms with Crippen LogP contribution in [0.15, 0.2) is 71.8 Å². The topological polar surface area (TPSA) is 57.6 Å². The Morgan fingerprint density at radius 1 is 0.971 bits per heavy atom. The zero-order chi connectivity index (χ0) is 24.5. The van der Waals surface area contributed by atoms with Crippen molar-refractivity contribution in [3.8, 4) is 11.5 Å². The van der Waals surface area contributed by atoms with Crippen LogP contribution in [0, 0.1) is 0 Å². The molecule has 0 amide bonds. The fourth-order valence-electron chi connectivity index (χ4n) is 4.50. The van der Waals surface area contributed by atoms with Crippen molar-refractivity contribution in [1.29, 1.82) is 0 Å². The number of ether oxygens (including phenoxy) is 2. The molecule has 8 heteroatoms. The minimum absolute atomic E-state index is 0.125. The van der Waals surface area contributed by atoms with Gasteiger partial charge in [0.2, 0.25) is 6.79 Å². The van der Waals surface area contributed by atoms with Gasteiger partial charge in [-0.3, -0.25) is 9.69 Å². The molecule has 0 saturated carbocycles. The monoisotopic (exact) mass is 490 g/mol. The Kier molecular flexibility index (Phi) is 6.26. The molecule has 1 atom stereocenters. The standard InChI is InChI=1S/C27H27ClN4O3/c1-4-30(5-2)21-11-13-22(14-12-21)31-26(18(3)33)29-32(23-9-7-20(28)8-10-23)27(31)19-6-15-24-25(16-19)35-17-34-24/h6-16,27H,4-5,17H2,1-3H3. The van der Waals surface area contributed by atoms with Crippen LogP contribution in [0.5, 0.6) is 11.5 Å². The molecular formula is C27H27ClN4O3. The molecule has 0 bridgehead atoms. The Morgan fingerprint density at radius 3 is 2.29 bits per heavy atom. The van der Waals surface area contributed by atoms with Crippen LogP contribution in [0.25, 0.3) is 0 Å². The van der Waals surface area contributed by atoms with Gasteiger partial charge in [0, 0.05) is 42.0 Å². The fourth-order valence-corrected chi connectivity index (χ4v) is 4.63. The highest BCUT2D eigenvalue weighted by Crippen LogP contribution is 2.43. The number of carbonyl (C=O) groups is 1. The number of ketones is 1. The Balaban J connectivity index is 1.63. The number of anilines is 3. The number of fused-ring (bicyclic) bond motifs is 1. The summed E-state index contributed by atoms with van der Waals surface area (Å²) in [6.45, 7) is 7.85. The lowest BCUT2D eigenvalue weighted by Crippen LogP contribution is -2.37. The van der Waals surface area contributed by atoms with E-state index in [-0.39, 0.29) is 12.6 Å². The van der Waals surface area contributed by atoms with E-state index in [1.165, 1.54) is 6.92 Å². The summed E-state index contributed by atoms with van der Waals surface area (Å²) in [4.78, 5) is 17.1. The zero-order valence-corrected chi connectivity index (χ0v) is 20.7. The lowest BCUT2D eigenvalue weighted by Gasteiger charge is -2.32. The number of rotatable bonds is 7. The molecule has 2 aliphatic heterocycles. The van der Waals surface area contributed by atoms with Crippen molar-refractivity contribution >= 4 is 40.3 Å². The normalized spacial score (nSPS) is 16.5. The lowest BCUT2D eigenvalue weighted by atomic mass is 10.1. The van der Waals surface area contributed by atoms with Crippen LogP contribution in [-0.4, -0.2) is 31.5 Å². The molecule has 180 valence electrons. The number of benzene rings is 3. The number of Topliss-reactive ketones (excluding diaryl/α,β-unsaturated/α-hetero) is 1. The van der Waals surface area contributed by atoms with Gasteiger partial charge in [0.1, 0.15) is 0 Å². The molecule has 0 aromatic heterocycles. The molecule has 0 radical (unpaired) electrons. The average molecular weight is 491 g/mol. The first-order chi connectivity index (χ1) is 17.0. The third kappa shape index (κ3) is 4.28. The van der Waals surface area contributed by atoms with Crippen LogP contribution in [0.4, 0.5) is 17.1 Å². The zero-order valence-electron chi connectivity index (χ0n) is 19.9. The number of hydrogen-bond donors (Lipinski definition) is 0. The van der Waals surface area contributed by atoms with E-state index >= 15 is 0 Å². The third-order valence-electron chi connectivity index (χ3n) is 6.26. The van der Waals surface area contributed by atoms with Gasteiger partial charge in [0.25, 0.3) is 0 Å². The number of nitrogens with zero attached hydrogens (tertiary/aromatic N) is 4. The molecule has 0 fully saturated rings. The summed E-state index contributed by atoms with van der Waals surface area (Å²) < 4.78 is 11.2. The first-order valence-corrected chi connectivity index (χ1v) is 12.1. The van der Waals surface area contributed by atoms with Gasteiger partial charge < -0.3 is 14.4 Å². The first kappa shape index (κ1) is 23.1. The minimum Gasteiger partial charge on any atom is -0.454 e. The van der Waals surface area contributed by atoms with Gasteiger partial charge in [0.15, 0.2) is 29.3 Å². The molecular weight excluding hydrogens is 464 g/mol. The fraction of sp³-hybridized carbons (Fsp3) is 0.259. The van der Waals surface area contributed by atoms with Crippen molar-refractivity contribution in [2.24, 2.45) is 5.10 Å². The number of hydrazone groups is 1. The van der Waals surface area contributed by atoms with E-state index in [9.17, 15) is 4.79 Å². The van der Waals surface area contributed by atoms with E-state index in [4.69, 9.17) is 26.2 Å². The molecule has 0 spiro atoms. The molecule has 0 N–H and O–H groups in total. The van der Waals surface area contributed by atoms with Crippen LogP contribution < -0.4 is 24.3 Å². The van der Waals surface area contributed by atoms with Gasteiger partial charge in [-0.2, -0.15) is 0 Å². The van der Waals surface area contributed by atoms with E-state index in [1.54, 1.807) is 0 Å². The van der Waals surface area contributed by atoms with Crippen molar-refractivity contribution in [3.63, 3.8) is 0 Å². The van der Waals surface area contributed by atoms with E-state index in [1.807, 2.05) is 64.5 Å². The quantitative estimate of drug-likeness (QED) is 0.414. The van der Waals surface area contributed by atoms with Gasteiger partial charge in [-0.15, -0.1) is 5.10 Å². The Morgan fingerprint density at radius 2 is 1.63 bits per heavy atom. The van der Waals surface area contributed by atoms with Gasteiger partial charge >= 0.3 is 0 Å². The molecule has 7 nitrogen and oxygen atoms in total. The SMILES string of the molecule is CCN(CC)c1ccc(N2C(C(C)=O)=NN(c3ccc(Cl)cc3)C2c2ccc3c(c2)OCO3)cc1. The van der Waals surface area contributed by atoms with E-state index in [2.05, 4.69) is 30.9 Å². The number of halogens is 1. The Hall–Kier alpha value is -3.71. The lowest BCUT2D eigenvalue weighted by molar-refractivity contribution is -0.111. The highest BCUT2D eigenvalue weighted by atomic mass is 35.5. The summed E-state index contributed by atoms with van der Waals surface area (Å²) in [5, 5.41) is 7.27. The molecule has 1 unspecified atom stereocenters. The van der Waals surface area contributed by atoms with Gasteiger partial charge in [-0.25, -0.2) is 5.01 Å². The smallest absolute Gasteiger partial charge is 0.231 e. The molecule has 3 aromatic carbocycles. The second-order valence-electron chi connectivity index (χ2n) is 8.35. The highest BCUT2D eigenvalue weighted by Gasteiger charge is 2.39. The van der Waals surface area contributed by atoms with Gasteiger partial charge in [0.05, 0.1) is 5.69 Å². The molecule has 0 saturated heterocycles. The van der Waals surface area contributed by atoms with E-state index in [0.29, 0.717) is 22.4 Å². The first-order valence-electron chi connectivity index (χ1n) is 11.7. The van der Waals surface area contributed by atoms with Crippen molar-refractivity contribution < 1.29 is 14.3 Å². The highest BCUT2D eigenvalue weighted by molar-refractivity contribution is 6.44. The summed E-state index contributed by atoms with van der Waals surface area (Å²) in [6, 6.07) is 21.5. The van der Waals surface area contributed by atoms with E-state index in [0.717, 1.165) is 35.7 Å². The van der Waals surface area contributed by atoms with Crippen LogP contribution in [-0.2, 0) is 4.79 Å². The number of hydrogen-bond acceptors (Lipinski definition) is 7. The minimum atomic E-state index is -0.413. The molecule has 3 aromatic rings. The maximum Gasteiger partial charge on any atom is 0.231 e. The number of carbonyl (C=O) groups excluding carboxylic acids is 1. The van der Waals surface area contributed by atoms with Crippen molar-refractivity contribution in [1.82, 2.24) is 0 Å². The van der Waals surface area contributed by atoms with E-state index < -0.39 is 6.17 Å². The maximum atomic E-state index is 12.8. The van der Waals surface area contributed by atoms with Crippen molar-refractivity contribution in [3.05, 3.63) is 77.3 Å². The largest absolute Gasteiger partial charge is 0.454 e. The van der Waals surface area contributed by atoms with Crippen LogP contribution >= 0.6 is 11.6 Å². The summed E-state index contributed by atoms with van der Waals surface area (Å²) in [5.74, 6) is 1.61. The molecule has 35 heavy (non-hydrogen) atoms. The van der Waals surface area contributed by atoms with Crippen molar-refractivity contribution in [2.45, 2.75) is 26.9 Å². The van der Waals surface area contributed by atoms with Gasteiger partial charge in [-0.05, 0) is 74.5 Å². The predicted octanol–water partition coefficient (Wildman–Crippen LogP) is 5.84. The summed E-state index contributed by atoms with van der Waals surface area (Å²) >= 11 is 6.15. The summed E-state index contributed by atoms with van der Waals surface area (Å²) in [6.07, 6.45) is -0.413. The molecule has 5 rings (SSSR count). The Labute approximate surface area is 210 Å². The average Bonchev–Trinajstić information content (AvgIpc) is 3.50. The second kappa shape index (κ2) is 9.50. The second-order valence-corrected chi connectivity index (χ2v) is 8.78.